The highest BCUT2D eigenvalue weighted by atomic mass is 19.3. The van der Waals surface area contributed by atoms with Gasteiger partial charge in [0.15, 0.2) is 12.2 Å². The zero-order valence-corrected chi connectivity index (χ0v) is 15.8. The number of aliphatic hydroxyl groups is 2. The average molecular weight is 408 g/mol. The van der Waals surface area contributed by atoms with Gasteiger partial charge in [-0.1, -0.05) is 0 Å². The molecular weight excluding hydrogens is 386 g/mol. The number of nitrogen functional groups attached to an aromatic ring is 1. The number of hydrogen-bond donors (Lipinski definition) is 3. The minimum atomic E-state index is -3.31. The van der Waals surface area contributed by atoms with Crippen molar-refractivity contribution in [1.82, 2.24) is 14.9 Å². The van der Waals surface area contributed by atoms with Crippen molar-refractivity contribution in [1.29, 1.82) is 0 Å². The van der Waals surface area contributed by atoms with Crippen molar-refractivity contribution in [2.75, 3.05) is 25.4 Å². The fraction of sp³-hybridized carbons (Fsp3) is 0.421. The van der Waals surface area contributed by atoms with Crippen LogP contribution >= 0.6 is 0 Å². The van der Waals surface area contributed by atoms with E-state index < -0.39 is 37.2 Å². The molecule has 1 aliphatic rings. The van der Waals surface area contributed by atoms with E-state index in [2.05, 4.69) is 9.97 Å². The summed E-state index contributed by atoms with van der Waals surface area (Å²) in [6, 6.07) is 6.65. The third kappa shape index (κ3) is 4.60. The normalized spacial score (nSPS) is 19.6. The standard InChI is InChI=1S/C19H22F2N4O4/c1-11-6-12(13-7-17(22)24-10-23-13)2-3-15(11)29-16-4-5-25(9-19(16,20)21)18(28)14(27)8-26/h2-3,6-7,10,14,16,26-27H,4-5,8-9H2,1H3,(H2,22,23,24)/t14-,16-/m0/s1. The van der Waals surface area contributed by atoms with E-state index in [0.717, 1.165) is 10.5 Å². The first kappa shape index (κ1) is 20.9. The van der Waals surface area contributed by atoms with E-state index >= 15 is 0 Å². The predicted octanol–water partition coefficient (Wildman–Crippen LogP) is 1.00. The molecule has 0 spiro atoms. The van der Waals surface area contributed by atoms with Crippen LogP contribution in [-0.2, 0) is 4.79 Å². The van der Waals surface area contributed by atoms with Crippen LogP contribution in [0.4, 0.5) is 14.6 Å². The zero-order chi connectivity index (χ0) is 21.2. The van der Waals surface area contributed by atoms with Crippen LogP contribution in [0.1, 0.15) is 12.0 Å². The Hall–Kier alpha value is -2.85. The molecule has 0 radical (unpaired) electrons. The lowest BCUT2D eigenvalue weighted by atomic mass is 10.0. The second kappa shape index (κ2) is 8.26. The number of rotatable bonds is 5. The number of likely N-dealkylation sites (tertiary alicyclic amines) is 1. The third-order valence-electron chi connectivity index (χ3n) is 4.73. The highest BCUT2D eigenvalue weighted by Gasteiger charge is 2.48. The van der Waals surface area contributed by atoms with Crippen molar-refractivity contribution in [2.24, 2.45) is 0 Å². The second-order valence-corrected chi connectivity index (χ2v) is 6.92. The summed E-state index contributed by atoms with van der Waals surface area (Å²) in [6.07, 6.45) is -1.89. The largest absolute Gasteiger partial charge is 0.484 e. The van der Waals surface area contributed by atoms with Gasteiger partial charge in [-0.15, -0.1) is 0 Å². The molecule has 8 nitrogen and oxygen atoms in total. The molecule has 29 heavy (non-hydrogen) atoms. The van der Waals surface area contributed by atoms with Crippen LogP contribution in [0.5, 0.6) is 5.75 Å². The van der Waals surface area contributed by atoms with Gasteiger partial charge in [-0.05, 0) is 30.7 Å². The number of hydrogen-bond acceptors (Lipinski definition) is 7. The van der Waals surface area contributed by atoms with Crippen LogP contribution < -0.4 is 10.5 Å². The van der Waals surface area contributed by atoms with E-state index in [0.29, 0.717) is 22.8 Å². The van der Waals surface area contributed by atoms with Crippen LogP contribution in [0.15, 0.2) is 30.6 Å². The molecule has 1 amide bonds. The number of aliphatic hydroxyl groups excluding tert-OH is 2. The molecule has 1 saturated heterocycles. The van der Waals surface area contributed by atoms with E-state index in [1.54, 1.807) is 31.2 Å². The summed E-state index contributed by atoms with van der Waals surface area (Å²) in [5.74, 6) is -3.61. The first-order valence-electron chi connectivity index (χ1n) is 9.02. The Morgan fingerprint density at radius 3 is 2.79 bits per heavy atom. The molecule has 2 aromatic rings. The topological polar surface area (TPSA) is 122 Å². The molecule has 0 aliphatic carbocycles. The fourth-order valence-corrected chi connectivity index (χ4v) is 3.17. The molecule has 4 N–H and O–H groups in total. The molecule has 3 rings (SSSR count). The molecule has 0 saturated carbocycles. The maximum atomic E-state index is 14.6. The van der Waals surface area contributed by atoms with Gasteiger partial charge in [0.1, 0.15) is 17.9 Å². The number of aryl methyl sites for hydroxylation is 1. The summed E-state index contributed by atoms with van der Waals surface area (Å²) >= 11 is 0. The summed E-state index contributed by atoms with van der Waals surface area (Å²) in [7, 11) is 0. The summed E-state index contributed by atoms with van der Waals surface area (Å²) < 4.78 is 34.7. The second-order valence-electron chi connectivity index (χ2n) is 6.92. The Kier molecular flexibility index (Phi) is 5.94. The first-order valence-corrected chi connectivity index (χ1v) is 9.02. The maximum absolute atomic E-state index is 14.6. The molecule has 1 aromatic carbocycles. The number of anilines is 1. The molecule has 0 unspecified atom stereocenters. The molecule has 1 fully saturated rings. The van der Waals surface area contributed by atoms with E-state index in [1.165, 1.54) is 6.33 Å². The van der Waals surface area contributed by atoms with Crippen molar-refractivity contribution in [3.63, 3.8) is 0 Å². The Labute approximate surface area is 166 Å². The van der Waals surface area contributed by atoms with Gasteiger partial charge in [-0.2, -0.15) is 0 Å². The van der Waals surface area contributed by atoms with Crippen LogP contribution in [0.2, 0.25) is 0 Å². The van der Waals surface area contributed by atoms with Gasteiger partial charge in [0, 0.05) is 24.6 Å². The fourth-order valence-electron chi connectivity index (χ4n) is 3.17. The minimum absolute atomic E-state index is 0.00645. The molecule has 1 aromatic heterocycles. The van der Waals surface area contributed by atoms with E-state index in [1.807, 2.05) is 0 Å². The SMILES string of the molecule is Cc1cc(-c2cc(N)ncn2)ccc1O[C@H]1CCN(C(=O)[C@@H](O)CO)CC1(F)F. The highest BCUT2D eigenvalue weighted by Crippen LogP contribution is 2.33. The zero-order valence-electron chi connectivity index (χ0n) is 15.8. The number of nitrogens with two attached hydrogens (primary N) is 1. The van der Waals surface area contributed by atoms with E-state index in [-0.39, 0.29) is 13.0 Å². The Morgan fingerprint density at radius 1 is 1.41 bits per heavy atom. The number of halogens is 2. The van der Waals surface area contributed by atoms with Gasteiger partial charge in [0.05, 0.1) is 18.8 Å². The molecule has 1 aliphatic heterocycles. The number of amides is 1. The number of carbonyl (C=O) groups is 1. The Balaban J connectivity index is 1.72. The predicted molar refractivity (Wildman–Crippen MR) is 100 cm³/mol. The lowest BCUT2D eigenvalue weighted by molar-refractivity contribution is -0.167. The van der Waals surface area contributed by atoms with Crippen molar-refractivity contribution in [3.8, 4) is 17.0 Å². The number of nitrogens with zero attached hydrogens (tertiary/aromatic N) is 3. The van der Waals surface area contributed by atoms with Crippen LogP contribution in [-0.4, -0.2) is 68.8 Å². The molecule has 0 bridgehead atoms. The van der Waals surface area contributed by atoms with Gasteiger partial charge in [-0.25, -0.2) is 18.7 Å². The van der Waals surface area contributed by atoms with Gasteiger partial charge in [0.25, 0.3) is 5.91 Å². The molecule has 156 valence electrons. The molecular formula is C19H22F2N4O4. The first-order chi connectivity index (χ1) is 13.7. The number of piperidine rings is 1. The average Bonchev–Trinajstić information content (AvgIpc) is 2.69. The lowest BCUT2D eigenvalue weighted by Gasteiger charge is -2.38. The van der Waals surface area contributed by atoms with Crippen molar-refractivity contribution >= 4 is 11.7 Å². The lowest BCUT2D eigenvalue weighted by Crippen LogP contribution is -2.57. The summed E-state index contributed by atoms with van der Waals surface area (Å²) in [6.45, 7) is 0.0283. The summed E-state index contributed by atoms with van der Waals surface area (Å²) in [5, 5.41) is 18.2. The monoisotopic (exact) mass is 408 g/mol. The number of benzene rings is 1. The van der Waals surface area contributed by atoms with Crippen LogP contribution in [0.25, 0.3) is 11.3 Å². The maximum Gasteiger partial charge on any atom is 0.301 e. The van der Waals surface area contributed by atoms with Gasteiger partial charge >= 0.3 is 5.92 Å². The van der Waals surface area contributed by atoms with Crippen LogP contribution in [0, 0.1) is 6.92 Å². The van der Waals surface area contributed by atoms with Gasteiger partial charge < -0.3 is 25.6 Å². The molecule has 10 heteroatoms. The summed E-state index contributed by atoms with van der Waals surface area (Å²) in [4.78, 5) is 20.7. The van der Waals surface area contributed by atoms with E-state index in [4.69, 9.17) is 15.6 Å². The molecule has 2 heterocycles. The summed E-state index contributed by atoms with van der Waals surface area (Å²) in [5.41, 5.74) is 7.65. The number of aromatic nitrogens is 2. The van der Waals surface area contributed by atoms with Crippen molar-refractivity contribution in [2.45, 2.75) is 31.5 Å². The quantitative estimate of drug-likeness (QED) is 0.675. The van der Waals surface area contributed by atoms with Gasteiger partial charge in [-0.3, -0.25) is 4.79 Å². The van der Waals surface area contributed by atoms with E-state index in [9.17, 15) is 18.7 Å². The highest BCUT2D eigenvalue weighted by molar-refractivity contribution is 5.81. The Morgan fingerprint density at radius 2 is 2.17 bits per heavy atom. The number of alkyl halides is 2. The third-order valence-corrected chi connectivity index (χ3v) is 4.73. The minimum Gasteiger partial charge on any atom is -0.484 e. The smallest absolute Gasteiger partial charge is 0.301 e. The Bertz CT molecular complexity index is 896. The number of ether oxygens (including phenoxy) is 1. The van der Waals surface area contributed by atoms with Crippen molar-refractivity contribution < 1.29 is 28.5 Å². The van der Waals surface area contributed by atoms with Gasteiger partial charge in [0.2, 0.25) is 0 Å². The number of carbonyl (C=O) groups excluding carboxylic acids is 1. The van der Waals surface area contributed by atoms with Crippen LogP contribution in [0.3, 0.4) is 0 Å². The van der Waals surface area contributed by atoms with Crippen molar-refractivity contribution in [3.05, 3.63) is 36.2 Å². The molecule has 2 atom stereocenters.